The number of unbranched alkanes of at least 4 members (excludes halogenated alkanes) is 20. The first-order valence-electron chi connectivity index (χ1n) is 23.5. The number of aliphatic hydroxyl groups is 1. The number of amides is 3. The summed E-state index contributed by atoms with van der Waals surface area (Å²) in [4.78, 5) is 48.3. The highest BCUT2D eigenvalue weighted by Gasteiger charge is 2.28. The van der Waals surface area contributed by atoms with Gasteiger partial charge in [0.2, 0.25) is 11.8 Å². The van der Waals surface area contributed by atoms with Crippen LogP contribution in [0.15, 0.2) is 0 Å². The van der Waals surface area contributed by atoms with Gasteiger partial charge in [-0.25, -0.2) is 9.36 Å². The third kappa shape index (κ3) is 37.7. The topological polar surface area (TPSA) is 182 Å². The molecule has 0 saturated heterocycles. The number of ether oxygens (including phenoxy) is 2. The normalized spacial score (nSPS) is 14.4. The van der Waals surface area contributed by atoms with Crippen LogP contribution in [0, 0.1) is 5.92 Å². The van der Waals surface area contributed by atoms with Crippen molar-refractivity contribution in [3.8, 4) is 0 Å². The van der Waals surface area contributed by atoms with Crippen LogP contribution in [0.1, 0.15) is 209 Å². The van der Waals surface area contributed by atoms with E-state index in [0.29, 0.717) is 19.3 Å². The van der Waals surface area contributed by atoms with Crippen LogP contribution in [0.25, 0.3) is 0 Å². The fourth-order valence-electron chi connectivity index (χ4n) is 6.65. The molecule has 0 radical (unpaired) electrons. The van der Waals surface area contributed by atoms with Crippen LogP contribution in [0.4, 0.5) is 4.79 Å². The fraction of sp³-hybridized carbons (Fsp3) is 0.933. The maximum Gasteiger partial charge on any atom is 0.472 e. The highest BCUT2D eigenvalue weighted by Crippen LogP contribution is 2.43. The van der Waals surface area contributed by atoms with Crippen LogP contribution in [-0.4, -0.2) is 84.7 Å². The number of aliphatic hydroxyl groups excluding tert-OH is 1. The Bertz CT molecular complexity index is 1090. The summed E-state index contributed by atoms with van der Waals surface area (Å²) in [6, 6.07) is -1.60. The molecule has 0 aromatic carbocycles. The van der Waals surface area contributed by atoms with Gasteiger partial charge in [0.1, 0.15) is 11.6 Å². The van der Waals surface area contributed by atoms with E-state index in [2.05, 4.69) is 29.8 Å². The van der Waals surface area contributed by atoms with Crippen molar-refractivity contribution in [1.82, 2.24) is 16.0 Å². The Labute approximate surface area is 360 Å². The predicted molar refractivity (Wildman–Crippen MR) is 238 cm³/mol. The van der Waals surface area contributed by atoms with Gasteiger partial charge < -0.3 is 35.4 Å². The molecule has 0 bridgehead atoms. The summed E-state index contributed by atoms with van der Waals surface area (Å²) >= 11 is 0. The molecule has 13 nitrogen and oxygen atoms in total. The van der Waals surface area contributed by atoms with E-state index in [0.717, 1.165) is 32.1 Å². The number of phosphoric ester groups is 1. The van der Waals surface area contributed by atoms with Crippen LogP contribution < -0.4 is 16.0 Å². The highest BCUT2D eigenvalue weighted by molar-refractivity contribution is 7.47. The summed E-state index contributed by atoms with van der Waals surface area (Å²) in [5.41, 5.74) is -0.729. The Kier molecular flexibility index (Phi) is 35.8. The van der Waals surface area contributed by atoms with Crippen LogP contribution >= 0.6 is 7.82 Å². The second-order valence-electron chi connectivity index (χ2n) is 17.6. The van der Waals surface area contributed by atoms with Crippen LogP contribution in [0.5, 0.6) is 0 Å². The van der Waals surface area contributed by atoms with Crippen molar-refractivity contribution in [1.29, 1.82) is 0 Å². The summed E-state index contributed by atoms with van der Waals surface area (Å²) < 4.78 is 34.2. The maximum absolute atomic E-state index is 12.9. The van der Waals surface area contributed by atoms with E-state index in [1.54, 1.807) is 34.6 Å². The van der Waals surface area contributed by atoms with Gasteiger partial charge in [-0.2, -0.15) is 0 Å². The first-order chi connectivity index (χ1) is 28.1. The maximum atomic E-state index is 12.9. The van der Waals surface area contributed by atoms with Gasteiger partial charge in [0.05, 0.1) is 32.0 Å². The van der Waals surface area contributed by atoms with Crippen molar-refractivity contribution in [2.75, 3.05) is 33.0 Å². The first-order valence-corrected chi connectivity index (χ1v) is 25.0. The van der Waals surface area contributed by atoms with Crippen molar-refractivity contribution in [3.05, 3.63) is 0 Å². The van der Waals surface area contributed by atoms with Gasteiger partial charge in [-0.05, 0) is 46.0 Å². The van der Waals surface area contributed by atoms with Gasteiger partial charge in [0.15, 0.2) is 0 Å². The van der Waals surface area contributed by atoms with Crippen molar-refractivity contribution in [2.24, 2.45) is 5.92 Å². The molecule has 0 spiro atoms. The molecule has 5 N–H and O–H groups in total. The number of alkyl carbamates (subject to hydrolysis) is 1. The quantitative estimate of drug-likeness (QED) is 0.0294. The van der Waals surface area contributed by atoms with Crippen LogP contribution in [-0.2, 0) is 32.7 Å². The van der Waals surface area contributed by atoms with E-state index >= 15 is 0 Å². The average Bonchev–Trinajstić information content (AvgIpc) is 3.16. The number of phosphoric acid groups is 1. The van der Waals surface area contributed by atoms with Crippen molar-refractivity contribution in [2.45, 2.75) is 233 Å². The molecular formula is C45H90N3O10P. The zero-order valence-electron chi connectivity index (χ0n) is 38.6. The minimum absolute atomic E-state index is 0.0342. The SMILES string of the molecule is CCCCCCCCCCCCCC(=O)NC(COCCC(O)CCCCCCCCCCCCC)COP(=O)(O)OCCNC(=O)C(NC(=O)OC(C)(C)C)C(C)C. The largest absolute Gasteiger partial charge is 0.472 e. The fourth-order valence-corrected chi connectivity index (χ4v) is 7.42. The molecule has 0 rings (SSSR count). The summed E-state index contributed by atoms with van der Waals surface area (Å²) in [6.07, 6.45) is 27.0. The molecule has 0 saturated carbocycles. The third-order valence-electron chi connectivity index (χ3n) is 10.1. The van der Waals surface area contributed by atoms with Gasteiger partial charge >= 0.3 is 13.9 Å². The van der Waals surface area contributed by atoms with E-state index in [1.807, 2.05) is 0 Å². The summed E-state index contributed by atoms with van der Waals surface area (Å²) in [7, 11) is -4.56. The Morgan fingerprint density at radius 3 is 1.63 bits per heavy atom. The van der Waals surface area contributed by atoms with Crippen LogP contribution in [0.2, 0.25) is 0 Å². The molecule has 4 atom stereocenters. The van der Waals surface area contributed by atoms with E-state index in [4.69, 9.17) is 18.5 Å². The summed E-state index contributed by atoms with van der Waals surface area (Å²) in [5.74, 6) is -0.937. The van der Waals surface area contributed by atoms with E-state index in [9.17, 15) is 28.9 Å². The minimum atomic E-state index is -4.56. The number of hydrogen-bond donors (Lipinski definition) is 5. The number of carbonyl (C=O) groups is 3. The lowest BCUT2D eigenvalue weighted by Gasteiger charge is -2.25. The lowest BCUT2D eigenvalue weighted by Crippen LogP contribution is -2.51. The lowest BCUT2D eigenvalue weighted by molar-refractivity contribution is -0.124. The second kappa shape index (κ2) is 36.9. The molecule has 0 aromatic heterocycles. The number of hydrogen-bond acceptors (Lipinski definition) is 9. The minimum Gasteiger partial charge on any atom is -0.444 e. The highest BCUT2D eigenvalue weighted by atomic mass is 31.2. The third-order valence-corrected chi connectivity index (χ3v) is 11.1. The monoisotopic (exact) mass is 864 g/mol. The molecule has 350 valence electrons. The molecule has 0 fully saturated rings. The molecule has 0 aliphatic rings. The molecule has 0 aliphatic heterocycles. The van der Waals surface area contributed by atoms with Gasteiger partial charge in [0, 0.05) is 19.6 Å². The molecule has 0 aromatic rings. The molecule has 4 unspecified atom stereocenters. The molecule has 59 heavy (non-hydrogen) atoms. The van der Waals surface area contributed by atoms with E-state index in [-0.39, 0.29) is 44.8 Å². The number of nitrogens with one attached hydrogen (secondary N) is 3. The van der Waals surface area contributed by atoms with E-state index in [1.165, 1.54) is 109 Å². The number of carbonyl (C=O) groups excluding carboxylic acids is 3. The predicted octanol–water partition coefficient (Wildman–Crippen LogP) is 10.4. The van der Waals surface area contributed by atoms with Crippen molar-refractivity contribution >= 4 is 25.7 Å². The van der Waals surface area contributed by atoms with Gasteiger partial charge in [0.25, 0.3) is 0 Å². The smallest absolute Gasteiger partial charge is 0.444 e. The standard InChI is InChI=1S/C45H90N3O10P/c1-8-10-12-14-16-18-20-22-24-26-28-30-40(49)32-34-55-36-39(47-41(50)31-29-27-25-23-21-19-17-15-13-11-9-2)37-57-59(53,54)56-35-33-46-43(51)42(38(3)4)48-44(52)58-45(5,6)7/h38-40,42,49H,8-37H2,1-7H3,(H,46,51)(H,47,50)(H,48,52)(H,53,54). The molecule has 0 aliphatic carbocycles. The summed E-state index contributed by atoms with van der Waals surface area (Å²) in [5, 5.41) is 18.6. The Morgan fingerprint density at radius 1 is 0.644 bits per heavy atom. The van der Waals surface area contributed by atoms with Gasteiger partial charge in [-0.3, -0.25) is 18.6 Å². The zero-order chi connectivity index (χ0) is 44.2. The molecule has 0 heterocycles. The van der Waals surface area contributed by atoms with Crippen molar-refractivity contribution in [3.63, 3.8) is 0 Å². The zero-order valence-corrected chi connectivity index (χ0v) is 39.5. The molecular weight excluding hydrogens is 773 g/mol. The lowest BCUT2D eigenvalue weighted by atomic mass is 10.0. The first kappa shape index (κ1) is 57.2. The Morgan fingerprint density at radius 2 is 1.14 bits per heavy atom. The average molecular weight is 864 g/mol. The van der Waals surface area contributed by atoms with E-state index < -0.39 is 43.6 Å². The van der Waals surface area contributed by atoms with Gasteiger partial charge in [-0.15, -0.1) is 0 Å². The summed E-state index contributed by atoms with van der Waals surface area (Å²) in [6.45, 7) is 12.7. The number of rotatable bonds is 40. The Hall–Kier alpha value is -1.76. The molecule has 3 amide bonds. The van der Waals surface area contributed by atoms with Crippen molar-refractivity contribution < 1.29 is 47.5 Å². The second-order valence-corrected chi connectivity index (χ2v) is 19.1. The van der Waals surface area contributed by atoms with Crippen LogP contribution in [0.3, 0.4) is 0 Å². The molecule has 14 heteroatoms. The Balaban J connectivity index is 4.78. The van der Waals surface area contributed by atoms with Gasteiger partial charge in [-0.1, -0.05) is 163 Å².